The van der Waals surface area contributed by atoms with Crippen LogP contribution in [0.5, 0.6) is 0 Å². The summed E-state index contributed by atoms with van der Waals surface area (Å²) in [7, 11) is 1.68. The monoisotopic (exact) mass is 333 g/mol. The first-order valence-corrected chi connectivity index (χ1v) is 9.04. The van der Waals surface area contributed by atoms with E-state index < -0.39 is 0 Å². The third-order valence-electron chi connectivity index (χ3n) is 4.12. The number of thioether (sulfide) groups is 1. The van der Waals surface area contributed by atoms with Gasteiger partial charge in [0.25, 0.3) is 0 Å². The highest BCUT2D eigenvalue weighted by molar-refractivity contribution is 8.00. The average molecular weight is 333 g/mol. The first-order valence-electron chi connectivity index (χ1n) is 7.99. The summed E-state index contributed by atoms with van der Waals surface area (Å²) in [4.78, 5) is 6.94. The van der Waals surface area contributed by atoms with Crippen LogP contribution in [0.3, 0.4) is 0 Å². The van der Waals surface area contributed by atoms with Crippen LogP contribution in [0.2, 0.25) is 0 Å². The van der Waals surface area contributed by atoms with Crippen molar-refractivity contribution in [1.82, 2.24) is 15.0 Å². The minimum absolute atomic E-state index is 0.379. The largest absolute Gasteiger partial charge is 0.384 e. The average Bonchev–Trinajstić information content (AvgIpc) is 3.01. The number of nitrogens with zero attached hydrogens (tertiary/aromatic N) is 3. The van der Waals surface area contributed by atoms with Gasteiger partial charge in [-0.15, -0.1) is 0 Å². The van der Waals surface area contributed by atoms with Crippen LogP contribution in [0, 0.1) is 0 Å². The molecular weight excluding hydrogens is 310 g/mol. The molecule has 23 heavy (non-hydrogen) atoms. The molecule has 1 aliphatic rings. The summed E-state index contributed by atoms with van der Waals surface area (Å²) in [6.45, 7) is 4.64. The lowest BCUT2D eigenvalue weighted by Gasteiger charge is -2.39. The van der Waals surface area contributed by atoms with Crippen LogP contribution in [0.15, 0.2) is 34.9 Å². The fourth-order valence-electron chi connectivity index (χ4n) is 3.02. The van der Waals surface area contributed by atoms with E-state index in [1.165, 1.54) is 5.56 Å². The molecule has 0 saturated carbocycles. The number of rotatable bonds is 6. The lowest BCUT2D eigenvalue weighted by atomic mass is 10.0. The van der Waals surface area contributed by atoms with Crippen LogP contribution in [-0.4, -0.2) is 46.3 Å². The first-order chi connectivity index (χ1) is 11.3. The maximum Gasteiger partial charge on any atom is 0.240 e. The summed E-state index contributed by atoms with van der Waals surface area (Å²) in [5.74, 6) is 2.54. The Morgan fingerprint density at radius 1 is 1.35 bits per heavy atom. The predicted molar refractivity (Wildman–Crippen MR) is 91.4 cm³/mol. The number of benzene rings is 1. The van der Waals surface area contributed by atoms with Crippen molar-refractivity contribution >= 4 is 11.8 Å². The van der Waals surface area contributed by atoms with Crippen molar-refractivity contribution in [1.29, 1.82) is 0 Å². The van der Waals surface area contributed by atoms with E-state index in [0.717, 1.165) is 18.1 Å². The molecule has 2 aromatic rings. The third-order valence-corrected chi connectivity index (χ3v) is 5.32. The smallest absolute Gasteiger partial charge is 0.240 e. The Kier molecular flexibility index (Phi) is 5.70. The summed E-state index contributed by atoms with van der Waals surface area (Å²) >= 11 is 2.03. The Bertz CT molecular complexity index is 605. The summed E-state index contributed by atoms with van der Waals surface area (Å²) in [6.07, 6.45) is 0.689. The standard InChI is InChI=1S/C17H23N3O2S/c1-13-17(14-6-4-3-5-7-14)20(9-11-23-13)12-16-18-15(19-22-16)8-10-21-2/h3-7,13,17H,8-12H2,1-2H3/t13-,17-/m1/s1. The van der Waals surface area contributed by atoms with Crippen LogP contribution in [-0.2, 0) is 17.7 Å². The SMILES string of the molecule is COCCc1noc(CN2CCS[C@H](C)[C@@H]2c2ccccc2)n1. The van der Waals surface area contributed by atoms with Crippen LogP contribution in [0.25, 0.3) is 0 Å². The van der Waals surface area contributed by atoms with E-state index in [-0.39, 0.29) is 0 Å². The zero-order valence-corrected chi connectivity index (χ0v) is 14.5. The van der Waals surface area contributed by atoms with Crippen LogP contribution in [0.1, 0.15) is 30.2 Å². The second-order valence-electron chi connectivity index (χ2n) is 5.75. The fourth-order valence-corrected chi connectivity index (χ4v) is 4.24. The summed E-state index contributed by atoms with van der Waals surface area (Å²) in [5, 5.41) is 4.58. The molecule has 5 nitrogen and oxygen atoms in total. The van der Waals surface area contributed by atoms with Gasteiger partial charge >= 0.3 is 0 Å². The van der Waals surface area contributed by atoms with E-state index in [0.29, 0.717) is 36.8 Å². The number of hydrogen-bond donors (Lipinski definition) is 0. The van der Waals surface area contributed by atoms with Crippen molar-refractivity contribution in [2.45, 2.75) is 31.2 Å². The van der Waals surface area contributed by atoms with Gasteiger partial charge in [-0.1, -0.05) is 42.4 Å². The van der Waals surface area contributed by atoms with E-state index in [1.807, 2.05) is 11.8 Å². The van der Waals surface area contributed by atoms with Crippen molar-refractivity contribution in [3.63, 3.8) is 0 Å². The molecule has 1 fully saturated rings. The highest BCUT2D eigenvalue weighted by atomic mass is 32.2. The van der Waals surface area contributed by atoms with Gasteiger partial charge in [0.15, 0.2) is 5.82 Å². The highest BCUT2D eigenvalue weighted by Crippen LogP contribution is 2.36. The molecule has 1 aromatic carbocycles. The van der Waals surface area contributed by atoms with E-state index in [2.05, 4.69) is 52.3 Å². The summed E-state index contributed by atoms with van der Waals surface area (Å²) in [5.41, 5.74) is 1.35. The Balaban J connectivity index is 1.72. The maximum atomic E-state index is 5.42. The van der Waals surface area contributed by atoms with Gasteiger partial charge in [-0.3, -0.25) is 4.90 Å². The fraction of sp³-hybridized carbons (Fsp3) is 0.529. The van der Waals surface area contributed by atoms with Gasteiger partial charge in [0, 0.05) is 37.1 Å². The molecule has 0 N–H and O–H groups in total. The Morgan fingerprint density at radius 2 is 2.17 bits per heavy atom. The van der Waals surface area contributed by atoms with Crippen molar-refractivity contribution in [2.75, 3.05) is 26.0 Å². The van der Waals surface area contributed by atoms with Gasteiger partial charge in [-0.2, -0.15) is 16.7 Å². The number of ether oxygens (including phenoxy) is 1. The molecule has 0 spiro atoms. The maximum absolute atomic E-state index is 5.42. The molecule has 0 aliphatic carbocycles. The lowest BCUT2D eigenvalue weighted by molar-refractivity contribution is 0.167. The van der Waals surface area contributed by atoms with Crippen LogP contribution < -0.4 is 0 Å². The molecule has 3 rings (SSSR count). The topological polar surface area (TPSA) is 51.4 Å². The van der Waals surface area contributed by atoms with Gasteiger partial charge in [-0.05, 0) is 5.56 Å². The number of hydrogen-bond acceptors (Lipinski definition) is 6. The Labute approximate surface area is 141 Å². The molecule has 1 aromatic heterocycles. The van der Waals surface area contributed by atoms with Gasteiger partial charge in [-0.25, -0.2) is 0 Å². The summed E-state index contributed by atoms with van der Waals surface area (Å²) < 4.78 is 10.5. The second-order valence-corrected chi connectivity index (χ2v) is 7.23. The van der Waals surface area contributed by atoms with E-state index >= 15 is 0 Å². The molecule has 2 atom stereocenters. The van der Waals surface area contributed by atoms with Crippen molar-refractivity contribution < 1.29 is 9.26 Å². The van der Waals surface area contributed by atoms with Gasteiger partial charge in [0.05, 0.1) is 13.2 Å². The van der Waals surface area contributed by atoms with Gasteiger partial charge < -0.3 is 9.26 Å². The van der Waals surface area contributed by atoms with Gasteiger partial charge in [0.2, 0.25) is 5.89 Å². The summed E-state index contributed by atoms with van der Waals surface area (Å²) in [6, 6.07) is 11.1. The molecule has 1 saturated heterocycles. The molecule has 0 bridgehead atoms. The molecule has 0 radical (unpaired) electrons. The van der Waals surface area contributed by atoms with E-state index in [4.69, 9.17) is 9.26 Å². The molecule has 1 aliphatic heterocycles. The Hall–Kier alpha value is -1.37. The van der Waals surface area contributed by atoms with Crippen LogP contribution >= 0.6 is 11.8 Å². The minimum Gasteiger partial charge on any atom is -0.384 e. The molecule has 124 valence electrons. The van der Waals surface area contributed by atoms with Crippen molar-refractivity contribution in [2.24, 2.45) is 0 Å². The van der Waals surface area contributed by atoms with E-state index in [1.54, 1.807) is 7.11 Å². The number of methoxy groups -OCH3 is 1. The lowest BCUT2D eigenvalue weighted by Crippen LogP contribution is -2.39. The quantitative estimate of drug-likeness (QED) is 0.810. The number of aromatic nitrogens is 2. The molecular formula is C17H23N3O2S. The Morgan fingerprint density at radius 3 is 2.96 bits per heavy atom. The molecule has 6 heteroatoms. The van der Waals surface area contributed by atoms with Crippen LogP contribution in [0.4, 0.5) is 0 Å². The molecule has 0 amide bonds. The predicted octanol–water partition coefficient (Wildman–Crippen LogP) is 2.94. The van der Waals surface area contributed by atoms with Crippen molar-refractivity contribution in [3.05, 3.63) is 47.6 Å². The van der Waals surface area contributed by atoms with E-state index in [9.17, 15) is 0 Å². The molecule has 0 unspecified atom stereocenters. The van der Waals surface area contributed by atoms with Crippen molar-refractivity contribution in [3.8, 4) is 0 Å². The zero-order chi connectivity index (χ0) is 16.1. The second kappa shape index (κ2) is 7.95. The first kappa shape index (κ1) is 16.5. The highest BCUT2D eigenvalue weighted by Gasteiger charge is 2.31. The zero-order valence-electron chi connectivity index (χ0n) is 13.6. The molecule has 2 heterocycles. The third kappa shape index (κ3) is 4.13. The minimum atomic E-state index is 0.379. The van der Waals surface area contributed by atoms with Gasteiger partial charge in [0.1, 0.15) is 0 Å². The normalized spacial score (nSPS) is 22.3.